The van der Waals surface area contributed by atoms with Crippen molar-refractivity contribution < 1.29 is 9.53 Å². The molecule has 0 aromatic heterocycles. The molecule has 1 saturated carbocycles. The van der Waals surface area contributed by atoms with Gasteiger partial charge in [-0.05, 0) is 32.1 Å². The molecule has 0 bridgehead atoms. The zero-order chi connectivity index (χ0) is 13.0. The van der Waals surface area contributed by atoms with E-state index in [0.717, 1.165) is 39.0 Å². The van der Waals surface area contributed by atoms with E-state index in [-0.39, 0.29) is 30.5 Å². The maximum atomic E-state index is 12.3. The minimum Gasteiger partial charge on any atom is -0.377 e. The first kappa shape index (κ1) is 16.7. The summed E-state index contributed by atoms with van der Waals surface area (Å²) in [6, 6.07) is 0.225. The summed E-state index contributed by atoms with van der Waals surface area (Å²) in [5.41, 5.74) is 6.12. The molecule has 1 amide bonds. The van der Waals surface area contributed by atoms with E-state index in [1.54, 1.807) is 0 Å². The van der Waals surface area contributed by atoms with E-state index in [0.29, 0.717) is 12.3 Å². The van der Waals surface area contributed by atoms with E-state index < -0.39 is 0 Å². The molecule has 0 radical (unpaired) electrons. The van der Waals surface area contributed by atoms with Gasteiger partial charge in [0.2, 0.25) is 5.91 Å². The molecule has 0 spiro atoms. The fourth-order valence-corrected chi connectivity index (χ4v) is 3.06. The fraction of sp³-hybridized carbons (Fsp3) is 0.929. The molecule has 2 fully saturated rings. The molecule has 3 unspecified atom stereocenters. The summed E-state index contributed by atoms with van der Waals surface area (Å²) in [6.07, 6.45) is 6.40. The topological polar surface area (TPSA) is 55.6 Å². The van der Waals surface area contributed by atoms with Crippen LogP contribution in [0.5, 0.6) is 0 Å². The molecule has 112 valence electrons. The molecule has 0 aromatic carbocycles. The number of nitrogens with two attached hydrogens (primary N) is 1. The molecule has 19 heavy (non-hydrogen) atoms. The van der Waals surface area contributed by atoms with Crippen molar-refractivity contribution in [1.29, 1.82) is 0 Å². The number of carbonyl (C=O) groups is 1. The number of ether oxygens (including phenoxy) is 1. The van der Waals surface area contributed by atoms with Crippen LogP contribution < -0.4 is 5.73 Å². The highest BCUT2D eigenvalue weighted by molar-refractivity contribution is 5.85. The van der Waals surface area contributed by atoms with Crippen LogP contribution in [0.15, 0.2) is 0 Å². The molecule has 2 rings (SSSR count). The molecule has 0 aromatic rings. The molecule has 1 aliphatic carbocycles. The predicted octanol–water partition coefficient (Wildman–Crippen LogP) is 1.95. The van der Waals surface area contributed by atoms with Gasteiger partial charge >= 0.3 is 0 Å². The maximum Gasteiger partial charge on any atom is 0.222 e. The Bertz CT molecular complexity index is 289. The number of nitrogens with zero attached hydrogens (tertiary/aromatic N) is 1. The van der Waals surface area contributed by atoms with Crippen LogP contribution in [0.3, 0.4) is 0 Å². The molecule has 1 heterocycles. The Kier molecular flexibility index (Phi) is 7.11. The quantitative estimate of drug-likeness (QED) is 0.846. The first-order chi connectivity index (χ1) is 8.66. The van der Waals surface area contributed by atoms with Crippen LogP contribution in [0.2, 0.25) is 0 Å². The molecule has 1 saturated heterocycles. The molecule has 2 aliphatic rings. The van der Waals surface area contributed by atoms with Gasteiger partial charge in [0.1, 0.15) is 0 Å². The van der Waals surface area contributed by atoms with Gasteiger partial charge in [-0.3, -0.25) is 4.79 Å². The third-order valence-corrected chi connectivity index (χ3v) is 4.21. The van der Waals surface area contributed by atoms with E-state index in [1.807, 2.05) is 11.8 Å². The molecule has 2 N–H and O–H groups in total. The van der Waals surface area contributed by atoms with Crippen molar-refractivity contribution in [1.82, 2.24) is 4.90 Å². The Morgan fingerprint density at radius 2 is 2.05 bits per heavy atom. The molecular formula is C14H27ClN2O2. The lowest BCUT2D eigenvalue weighted by atomic mass is 9.82. The number of hydrogen-bond donors (Lipinski definition) is 1. The Labute approximate surface area is 122 Å². The Hall–Kier alpha value is -0.320. The van der Waals surface area contributed by atoms with Crippen LogP contribution in [0.25, 0.3) is 0 Å². The Balaban J connectivity index is 0.00000180. The average molecular weight is 291 g/mol. The van der Waals surface area contributed by atoms with Crippen molar-refractivity contribution in [3.8, 4) is 0 Å². The highest BCUT2D eigenvalue weighted by Crippen LogP contribution is 2.26. The number of carbonyl (C=O) groups excluding carboxylic acids is 1. The van der Waals surface area contributed by atoms with Gasteiger partial charge in [-0.2, -0.15) is 0 Å². The van der Waals surface area contributed by atoms with Crippen molar-refractivity contribution in [3.05, 3.63) is 0 Å². The highest BCUT2D eigenvalue weighted by atomic mass is 35.5. The number of hydrogen-bond acceptors (Lipinski definition) is 3. The predicted molar refractivity (Wildman–Crippen MR) is 78.4 cm³/mol. The van der Waals surface area contributed by atoms with E-state index in [9.17, 15) is 4.79 Å². The van der Waals surface area contributed by atoms with Crippen LogP contribution in [0.4, 0.5) is 0 Å². The van der Waals surface area contributed by atoms with Gasteiger partial charge in [0.25, 0.3) is 0 Å². The second-order valence-electron chi connectivity index (χ2n) is 5.79. The van der Waals surface area contributed by atoms with E-state index in [4.69, 9.17) is 10.5 Å². The summed E-state index contributed by atoms with van der Waals surface area (Å²) in [5.74, 6) is 0.667. The fourth-order valence-electron chi connectivity index (χ4n) is 3.06. The molecule has 4 nitrogen and oxygen atoms in total. The van der Waals surface area contributed by atoms with Gasteiger partial charge in [0.15, 0.2) is 0 Å². The normalized spacial score (nSPS) is 32.3. The third-order valence-electron chi connectivity index (χ3n) is 4.21. The standard InChI is InChI=1S/C14H26N2O2.ClH/c1-11-10-16(7-4-8-18-11)14(17)9-12-5-2-3-6-13(12)15;/h11-13H,2-10,15H2,1H3;1H. The molecule has 1 aliphatic heterocycles. The molecule has 5 heteroatoms. The van der Waals surface area contributed by atoms with Gasteiger partial charge in [0, 0.05) is 32.2 Å². The van der Waals surface area contributed by atoms with Gasteiger partial charge in [-0.25, -0.2) is 0 Å². The third kappa shape index (κ3) is 4.93. The van der Waals surface area contributed by atoms with Crippen molar-refractivity contribution >= 4 is 18.3 Å². The number of amides is 1. The molecule has 3 atom stereocenters. The number of rotatable bonds is 2. The average Bonchev–Trinajstić information content (AvgIpc) is 2.57. The van der Waals surface area contributed by atoms with Gasteiger partial charge in [-0.15, -0.1) is 12.4 Å². The van der Waals surface area contributed by atoms with E-state index in [2.05, 4.69) is 0 Å². The van der Waals surface area contributed by atoms with Crippen LogP contribution in [-0.2, 0) is 9.53 Å². The smallest absolute Gasteiger partial charge is 0.222 e. The van der Waals surface area contributed by atoms with Crippen LogP contribution in [0.1, 0.15) is 45.4 Å². The van der Waals surface area contributed by atoms with Crippen molar-refractivity contribution in [2.45, 2.75) is 57.6 Å². The SMILES string of the molecule is CC1CN(C(=O)CC2CCCCC2N)CCCO1.Cl. The minimum atomic E-state index is 0. The van der Waals surface area contributed by atoms with Gasteiger partial charge < -0.3 is 15.4 Å². The summed E-state index contributed by atoms with van der Waals surface area (Å²) >= 11 is 0. The highest BCUT2D eigenvalue weighted by Gasteiger charge is 2.27. The largest absolute Gasteiger partial charge is 0.377 e. The summed E-state index contributed by atoms with van der Waals surface area (Å²) < 4.78 is 5.58. The second kappa shape index (κ2) is 8.08. The lowest BCUT2D eigenvalue weighted by Crippen LogP contribution is -2.40. The summed E-state index contributed by atoms with van der Waals surface area (Å²) in [6.45, 7) is 4.39. The summed E-state index contributed by atoms with van der Waals surface area (Å²) in [7, 11) is 0. The number of halogens is 1. The minimum absolute atomic E-state index is 0. The molecular weight excluding hydrogens is 264 g/mol. The van der Waals surface area contributed by atoms with E-state index in [1.165, 1.54) is 12.8 Å². The lowest BCUT2D eigenvalue weighted by molar-refractivity contribution is -0.133. The second-order valence-corrected chi connectivity index (χ2v) is 5.79. The van der Waals surface area contributed by atoms with Crippen molar-refractivity contribution in [2.24, 2.45) is 11.7 Å². The van der Waals surface area contributed by atoms with Crippen LogP contribution in [0, 0.1) is 5.92 Å². The lowest BCUT2D eigenvalue weighted by Gasteiger charge is -2.30. The van der Waals surface area contributed by atoms with Crippen molar-refractivity contribution in [3.63, 3.8) is 0 Å². The van der Waals surface area contributed by atoms with E-state index >= 15 is 0 Å². The van der Waals surface area contributed by atoms with Gasteiger partial charge in [0.05, 0.1) is 6.10 Å². The Morgan fingerprint density at radius 1 is 1.32 bits per heavy atom. The van der Waals surface area contributed by atoms with Gasteiger partial charge in [-0.1, -0.05) is 12.8 Å². The zero-order valence-corrected chi connectivity index (χ0v) is 12.7. The monoisotopic (exact) mass is 290 g/mol. The first-order valence-electron chi connectivity index (χ1n) is 7.32. The van der Waals surface area contributed by atoms with Crippen LogP contribution in [-0.4, -0.2) is 42.6 Å². The summed E-state index contributed by atoms with van der Waals surface area (Å²) in [4.78, 5) is 14.3. The first-order valence-corrected chi connectivity index (χ1v) is 7.32. The zero-order valence-electron chi connectivity index (χ0n) is 11.8. The summed E-state index contributed by atoms with van der Waals surface area (Å²) in [5, 5.41) is 0. The Morgan fingerprint density at radius 3 is 2.79 bits per heavy atom. The van der Waals surface area contributed by atoms with Crippen LogP contribution >= 0.6 is 12.4 Å². The van der Waals surface area contributed by atoms with Crippen molar-refractivity contribution in [2.75, 3.05) is 19.7 Å². The maximum absolute atomic E-state index is 12.3.